The van der Waals surface area contributed by atoms with Crippen molar-refractivity contribution in [2.75, 3.05) is 13.2 Å². The number of nitrogens with zero attached hydrogens (tertiary/aromatic N) is 2. The number of pyridine rings is 1. The fraction of sp³-hybridized carbons (Fsp3) is 0.286. The monoisotopic (exact) mass is 305 g/mol. The van der Waals surface area contributed by atoms with Gasteiger partial charge in [0.2, 0.25) is 0 Å². The molecular weight excluding hydrogens is 290 g/mol. The molecule has 0 radical (unpaired) electrons. The predicted octanol–water partition coefficient (Wildman–Crippen LogP) is 1.43. The topological polar surface area (TPSA) is 81.2 Å². The van der Waals surface area contributed by atoms with Gasteiger partial charge in [-0.15, -0.1) is 11.3 Å². The van der Waals surface area contributed by atoms with E-state index in [-0.39, 0.29) is 6.61 Å². The van der Waals surface area contributed by atoms with Gasteiger partial charge in [0.15, 0.2) is 0 Å². The molecule has 1 amide bonds. The number of ether oxygens (including phenoxy) is 1. The fourth-order valence-electron chi connectivity index (χ4n) is 1.62. The van der Waals surface area contributed by atoms with Gasteiger partial charge in [-0.3, -0.25) is 9.78 Å². The maximum Gasteiger partial charge on any atom is 0.396 e. The minimum absolute atomic E-state index is 0.188. The van der Waals surface area contributed by atoms with Gasteiger partial charge in [-0.2, -0.15) is 0 Å². The Hall–Kier alpha value is -2.28. The van der Waals surface area contributed by atoms with Crippen molar-refractivity contribution in [2.24, 2.45) is 0 Å². The number of aromatic nitrogens is 2. The van der Waals surface area contributed by atoms with Gasteiger partial charge in [-0.25, -0.2) is 9.78 Å². The molecule has 0 bridgehead atoms. The molecule has 2 rings (SSSR count). The van der Waals surface area contributed by atoms with Gasteiger partial charge >= 0.3 is 11.9 Å². The van der Waals surface area contributed by atoms with Gasteiger partial charge in [-0.05, 0) is 19.1 Å². The van der Waals surface area contributed by atoms with Crippen molar-refractivity contribution in [2.45, 2.75) is 13.3 Å². The summed E-state index contributed by atoms with van der Waals surface area (Å²) in [7, 11) is 0. The van der Waals surface area contributed by atoms with E-state index in [4.69, 9.17) is 0 Å². The van der Waals surface area contributed by atoms with E-state index in [1.54, 1.807) is 19.3 Å². The van der Waals surface area contributed by atoms with E-state index < -0.39 is 11.9 Å². The van der Waals surface area contributed by atoms with Gasteiger partial charge in [0.05, 0.1) is 12.3 Å². The molecule has 21 heavy (non-hydrogen) atoms. The smallest absolute Gasteiger partial charge is 0.396 e. The van der Waals surface area contributed by atoms with Crippen molar-refractivity contribution < 1.29 is 14.3 Å². The van der Waals surface area contributed by atoms with Crippen molar-refractivity contribution in [3.63, 3.8) is 0 Å². The first-order chi connectivity index (χ1) is 10.2. The van der Waals surface area contributed by atoms with Crippen LogP contribution in [0.25, 0.3) is 10.6 Å². The lowest BCUT2D eigenvalue weighted by atomic mass is 10.3. The van der Waals surface area contributed by atoms with Crippen LogP contribution < -0.4 is 5.32 Å². The molecule has 2 heterocycles. The summed E-state index contributed by atoms with van der Waals surface area (Å²) in [5, 5.41) is 5.35. The Morgan fingerprint density at radius 1 is 1.33 bits per heavy atom. The van der Waals surface area contributed by atoms with Crippen molar-refractivity contribution in [1.29, 1.82) is 0 Å². The Bertz CT molecular complexity index is 613. The van der Waals surface area contributed by atoms with Crippen LogP contribution in [0.5, 0.6) is 0 Å². The van der Waals surface area contributed by atoms with Crippen LogP contribution in [-0.4, -0.2) is 35.0 Å². The molecule has 0 aliphatic carbocycles. The zero-order valence-electron chi connectivity index (χ0n) is 11.5. The van der Waals surface area contributed by atoms with Crippen LogP contribution in [0.2, 0.25) is 0 Å². The third kappa shape index (κ3) is 4.35. The zero-order chi connectivity index (χ0) is 15.1. The highest BCUT2D eigenvalue weighted by Crippen LogP contribution is 2.22. The predicted molar refractivity (Wildman–Crippen MR) is 78.7 cm³/mol. The average molecular weight is 305 g/mol. The number of carbonyl (C=O) groups is 2. The Kier molecular flexibility index (Phi) is 5.39. The normalized spacial score (nSPS) is 10.1. The van der Waals surface area contributed by atoms with E-state index in [1.807, 2.05) is 17.5 Å². The summed E-state index contributed by atoms with van der Waals surface area (Å²) in [6.45, 7) is 2.19. The van der Waals surface area contributed by atoms with Crippen molar-refractivity contribution in [3.05, 3.63) is 35.6 Å². The highest BCUT2D eigenvalue weighted by Gasteiger charge is 2.13. The molecule has 110 valence electrons. The first kappa shape index (κ1) is 15.1. The lowest BCUT2D eigenvalue weighted by Crippen LogP contribution is -2.33. The quantitative estimate of drug-likeness (QED) is 0.667. The summed E-state index contributed by atoms with van der Waals surface area (Å²) in [5.74, 6) is -1.57. The lowest BCUT2D eigenvalue weighted by Gasteiger charge is -2.03. The van der Waals surface area contributed by atoms with Crippen molar-refractivity contribution >= 4 is 23.2 Å². The molecule has 6 nitrogen and oxygen atoms in total. The third-order valence-corrected chi connectivity index (χ3v) is 3.55. The highest BCUT2D eigenvalue weighted by molar-refractivity contribution is 7.13. The lowest BCUT2D eigenvalue weighted by molar-refractivity contribution is -0.154. The second-order valence-electron chi connectivity index (χ2n) is 4.11. The van der Waals surface area contributed by atoms with E-state index in [9.17, 15) is 9.59 Å². The number of rotatable bonds is 5. The van der Waals surface area contributed by atoms with Gasteiger partial charge in [-0.1, -0.05) is 0 Å². The van der Waals surface area contributed by atoms with Crippen LogP contribution in [0, 0.1) is 0 Å². The number of hydrogen-bond donors (Lipinski definition) is 1. The largest absolute Gasteiger partial charge is 0.459 e. The Labute approximate surface area is 126 Å². The van der Waals surface area contributed by atoms with Crippen LogP contribution in [0.4, 0.5) is 0 Å². The van der Waals surface area contributed by atoms with E-state index in [0.29, 0.717) is 13.0 Å². The summed E-state index contributed by atoms with van der Waals surface area (Å²) in [4.78, 5) is 30.9. The molecule has 0 atom stereocenters. The Balaban J connectivity index is 1.84. The van der Waals surface area contributed by atoms with E-state index in [0.717, 1.165) is 16.3 Å². The molecule has 2 aromatic rings. The van der Waals surface area contributed by atoms with E-state index in [1.165, 1.54) is 11.3 Å². The van der Waals surface area contributed by atoms with Crippen LogP contribution in [-0.2, 0) is 20.7 Å². The first-order valence-corrected chi connectivity index (χ1v) is 7.38. The SMILES string of the molecule is CCOC(=O)C(=O)NCCc1csc(-c2ccncc2)n1. The Morgan fingerprint density at radius 3 is 2.81 bits per heavy atom. The second kappa shape index (κ2) is 7.49. The van der Waals surface area contributed by atoms with Crippen LogP contribution >= 0.6 is 11.3 Å². The molecule has 0 aromatic carbocycles. The number of amides is 1. The van der Waals surface area contributed by atoms with Crippen LogP contribution in [0.3, 0.4) is 0 Å². The summed E-state index contributed by atoms with van der Waals surface area (Å²) >= 11 is 1.53. The summed E-state index contributed by atoms with van der Waals surface area (Å²) < 4.78 is 4.60. The fourth-order valence-corrected chi connectivity index (χ4v) is 2.48. The van der Waals surface area contributed by atoms with Crippen LogP contribution in [0.1, 0.15) is 12.6 Å². The number of esters is 1. The van der Waals surface area contributed by atoms with E-state index >= 15 is 0 Å². The number of carbonyl (C=O) groups excluding carboxylic acids is 2. The summed E-state index contributed by atoms with van der Waals surface area (Å²) in [6, 6.07) is 3.79. The molecule has 0 aliphatic rings. The molecule has 1 N–H and O–H groups in total. The molecular formula is C14H15N3O3S. The first-order valence-electron chi connectivity index (χ1n) is 6.50. The van der Waals surface area contributed by atoms with Crippen molar-refractivity contribution in [1.82, 2.24) is 15.3 Å². The molecule has 0 aliphatic heterocycles. The van der Waals surface area contributed by atoms with Gasteiger partial charge in [0.25, 0.3) is 0 Å². The second-order valence-corrected chi connectivity index (χ2v) is 4.96. The maximum atomic E-state index is 11.3. The number of thiazole rings is 1. The Morgan fingerprint density at radius 2 is 2.10 bits per heavy atom. The van der Waals surface area contributed by atoms with Crippen LogP contribution in [0.15, 0.2) is 29.9 Å². The standard InChI is InChI=1S/C14H15N3O3S/c1-2-20-14(19)12(18)16-8-5-11-9-21-13(17-11)10-3-6-15-7-4-10/h3-4,6-7,9H,2,5,8H2,1H3,(H,16,18). The number of nitrogens with one attached hydrogen (secondary N) is 1. The highest BCUT2D eigenvalue weighted by atomic mass is 32.1. The molecule has 0 saturated heterocycles. The molecule has 7 heteroatoms. The van der Waals surface area contributed by atoms with Gasteiger partial charge in [0.1, 0.15) is 5.01 Å². The average Bonchev–Trinajstić information content (AvgIpc) is 2.97. The van der Waals surface area contributed by atoms with Gasteiger partial charge in [0, 0.05) is 36.3 Å². The third-order valence-electron chi connectivity index (χ3n) is 2.61. The molecule has 2 aromatic heterocycles. The zero-order valence-corrected chi connectivity index (χ0v) is 12.4. The molecule has 0 saturated carbocycles. The van der Waals surface area contributed by atoms with Crippen molar-refractivity contribution in [3.8, 4) is 10.6 Å². The minimum Gasteiger partial charge on any atom is -0.459 e. The summed E-state index contributed by atoms with van der Waals surface area (Å²) in [6.07, 6.45) is 4.00. The molecule has 0 unspecified atom stereocenters. The summed E-state index contributed by atoms with van der Waals surface area (Å²) in [5.41, 5.74) is 1.88. The van der Waals surface area contributed by atoms with E-state index in [2.05, 4.69) is 20.0 Å². The number of hydrogen-bond acceptors (Lipinski definition) is 6. The molecule has 0 fully saturated rings. The molecule has 0 spiro atoms. The van der Waals surface area contributed by atoms with Gasteiger partial charge < -0.3 is 10.1 Å². The minimum atomic E-state index is -0.853. The maximum absolute atomic E-state index is 11.3.